The fourth-order valence-electron chi connectivity index (χ4n) is 1.79. The van der Waals surface area contributed by atoms with Gasteiger partial charge in [-0.2, -0.15) is 0 Å². The fourth-order valence-corrected chi connectivity index (χ4v) is 1.79. The molecule has 0 radical (unpaired) electrons. The van der Waals surface area contributed by atoms with Crippen LogP contribution in [0.2, 0.25) is 0 Å². The van der Waals surface area contributed by atoms with Gasteiger partial charge >= 0.3 is 0 Å². The summed E-state index contributed by atoms with van der Waals surface area (Å²) < 4.78 is 0. The Morgan fingerprint density at radius 2 is 2.17 bits per heavy atom. The molecule has 1 aromatic heterocycles. The third-order valence-corrected chi connectivity index (χ3v) is 2.65. The van der Waals surface area contributed by atoms with Crippen LogP contribution in [0.4, 0.5) is 0 Å². The van der Waals surface area contributed by atoms with Gasteiger partial charge in [0.1, 0.15) is 0 Å². The van der Waals surface area contributed by atoms with Crippen molar-refractivity contribution in [1.29, 1.82) is 0 Å². The second-order valence-electron chi connectivity index (χ2n) is 3.91. The Morgan fingerprint density at radius 3 is 2.58 bits per heavy atom. The highest BCUT2D eigenvalue weighted by molar-refractivity contribution is 5.27. The van der Waals surface area contributed by atoms with Crippen molar-refractivity contribution in [2.45, 2.75) is 32.7 Å². The van der Waals surface area contributed by atoms with Crippen molar-refractivity contribution < 1.29 is 0 Å². The summed E-state index contributed by atoms with van der Waals surface area (Å²) >= 11 is 0. The summed E-state index contributed by atoms with van der Waals surface area (Å²) in [7, 11) is 0. The maximum absolute atomic E-state index is 6.08. The maximum Gasteiger partial charge on any atom is 0.0479 e. The van der Waals surface area contributed by atoms with Gasteiger partial charge in [-0.1, -0.05) is 0 Å². The van der Waals surface area contributed by atoms with E-state index in [0.29, 0.717) is 0 Å². The first-order valence-electron chi connectivity index (χ1n) is 4.60. The predicted octanol–water partition coefficient (Wildman–Crippen LogP) is 2.04. The number of aromatic nitrogens is 1. The lowest BCUT2D eigenvalue weighted by Crippen LogP contribution is -2.13. The predicted molar refractivity (Wildman–Crippen MR) is 49.9 cm³/mol. The van der Waals surface area contributed by atoms with Crippen molar-refractivity contribution in [3.63, 3.8) is 0 Å². The normalized spacial score (nSPS) is 19.6. The molecule has 1 aliphatic rings. The Morgan fingerprint density at radius 1 is 1.50 bits per heavy atom. The molecule has 0 aliphatic heterocycles. The molecule has 1 aliphatic carbocycles. The number of aryl methyl sites for hydroxylation is 2. The summed E-state index contributed by atoms with van der Waals surface area (Å²) in [6.45, 7) is 4.21. The van der Waals surface area contributed by atoms with E-state index in [1.807, 2.05) is 0 Å². The van der Waals surface area contributed by atoms with Gasteiger partial charge in [0.05, 0.1) is 0 Å². The van der Waals surface area contributed by atoms with Crippen LogP contribution in [0.1, 0.15) is 35.8 Å². The SMILES string of the molecule is Cc1cc(C)c([C@@H](N)C2CC2)[nH]1. The summed E-state index contributed by atoms with van der Waals surface area (Å²) in [4.78, 5) is 3.34. The van der Waals surface area contributed by atoms with Crippen LogP contribution >= 0.6 is 0 Å². The van der Waals surface area contributed by atoms with Crippen molar-refractivity contribution in [1.82, 2.24) is 4.98 Å². The number of hydrogen-bond acceptors (Lipinski definition) is 1. The van der Waals surface area contributed by atoms with E-state index in [0.717, 1.165) is 5.92 Å². The molecule has 0 saturated heterocycles. The van der Waals surface area contributed by atoms with E-state index in [2.05, 4.69) is 24.9 Å². The molecule has 66 valence electrons. The molecule has 1 aromatic rings. The molecule has 0 amide bonds. The van der Waals surface area contributed by atoms with Crippen LogP contribution in [0.15, 0.2) is 6.07 Å². The number of nitrogens with two attached hydrogens (primary N) is 1. The second kappa shape index (κ2) is 2.63. The highest BCUT2D eigenvalue weighted by atomic mass is 14.8. The van der Waals surface area contributed by atoms with Crippen LogP contribution in [-0.4, -0.2) is 4.98 Å². The number of hydrogen-bond donors (Lipinski definition) is 2. The lowest BCUT2D eigenvalue weighted by atomic mass is 10.1. The van der Waals surface area contributed by atoms with Crippen LogP contribution in [0, 0.1) is 19.8 Å². The maximum atomic E-state index is 6.08. The molecule has 0 aromatic carbocycles. The third kappa shape index (κ3) is 1.27. The van der Waals surface area contributed by atoms with Crippen molar-refractivity contribution in [3.8, 4) is 0 Å². The van der Waals surface area contributed by atoms with Gasteiger partial charge in [0, 0.05) is 17.4 Å². The minimum atomic E-state index is 0.249. The number of rotatable bonds is 2. The first-order chi connectivity index (χ1) is 5.68. The number of nitrogens with one attached hydrogen (secondary N) is 1. The van der Waals surface area contributed by atoms with E-state index in [-0.39, 0.29) is 6.04 Å². The standard InChI is InChI=1S/C10H16N2/c1-6-5-7(2)12-10(6)9(11)8-3-4-8/h5,8-9,12H,3-4,11H2,1-2H3/t9-/m0/s1. The molecule has 12 heavy (non-hydrogen) atoms. The van der Waals surface area contributed by atoms with E-state index in [1.54, 1.807) is 0 Å². The van der Waals surface area contributed by atoms with Gasteiger partial charge in [0.15, 0.2) is 0 Å². The summed E-state index contributed by atoms with van der Waals surface area (Å²) in [6, 6.07) is 2.41. The monoisotopic (exact) mass is 164 g/mol. The highest BCUT2D eigenvalue weighted by Gasteiger charge is 2.30. The van der Waals surface area contributed by atoms with Crippen molar-refractivity contribution in [2.24, 2.45) is 11.7 Å². The first-order valence-corrected chi connectivity index (χ1v) is 4.60. The Balaban J connectivity index is 2.25. The summed E-state index contributed by atoms with van der Waals surface area (Å²) in [5.41, 5.74) is 9.86. The zero-order valence-electron chi connectivity index (χ0n) is 7.72. The lowest BCUT2D eigenvalue weighted by molar-refractivity contribution is 0.614. The molecule has 0 bridgehead atoms. The Hall–Kier alpha value is -0.760. The topological polar surface area (TPSA) is 41.8 Å². The summed E-state index contributed by atoms with van der Waals surface area (Å²) in [5.74, 6) is 0.738. The van der Waals surface area contributed by atoms with Crippen LogP contribution in [0.25, 0.3) is 0 Å². The molecule has 1 fully saturated rings. The zero-order chi connectivity index (χ0) is 8.72. The third-order valence-electron chi connectivity index (χ3n) is 2.65. The van der Waals surface area contributed by atoms with Crippen LogP contribution in [0.5, 0.6) is 0 Å². The largest absolute Gasteiger partial charge is 0.361 e. The molecular formula is C10H16N2. The summed E-state index contributed by atoms with van der Waals surface area (Å²) in [6.07, 6.45) is 2.61. The van der Waals surface area contributed by atoms with Crippen LogP contribution < -0.4 is 5.73 Å². The van der Waals surface area contributed by atoms with Crippen LogP contribution in [0.3, 0.4) is 0 Å². The summed E-state index contributed by atoms with van der Waals surface area (Å²) in [5, 5.41) is 0. The van der Waals surface area contributed by atoms with Crippen LogP contribution in [-0.2, 0) is 0 Å². The average Bonchev–Trinajstić information content (AvgIpc) is 2.77. The quantitative estimate of drug-likeness (QED) is 0.690. The molecule has 3 N–H and O–H groups in total. The van der Waals surface area contributed by atoms with E-state index in [1.165, 1.54) is 29.8 Å². The van der Waals surface area contributed by atoms with Gasteiger partial charge < -0.3 is 10.7 Å². The van der Waals surface area contributed by atoms with E-state index < -0.39 is 0 Å². The minimum absolute atomic E-state index is 0.249. The molecule has 0 unspecified atom stereocenters. The first kappa shape index (κ1) is 7.87. The van der Waals surface area contributed by atoms with Crippen molar-refractivity contribution in [2.75, 3.05) is 0 Å². The molecule has 0 spiro atoms. The Kier molecular flexibility index (Phi) is 1.72. The highest BCUT2D eigenvalue weighted by Crippen LogP contribution is 2.39. The molecule has 2 rings (SSSR count). The van der Waals surface area contributed by atoms with Crippen molar-refractivity contribution >= 4 is 0 Å². The second-order valence-corrected chi connectivity index (χ2v) is 3.91. The van der Waals surface area contributed by atoms with Gasteiger partial charge in [-0.15, -0.1) is 0 Å². The Bertz CT molecular complexity index is 284. The molecular weight excluding hydrogens is 148 g/mol. The number of aromatic amines is 1. The number of H-pyrrole nitrogens is 1. The molecule has 2 heteroatoms. The van der Waals surface area contributed by atoms with Gasteiger partial charge in [0.2, 0.25) is 0 Å². The minimum Gasteiger partial charge on any atom is -0.361 e. The van der Waals surface area contributed by atoms with Gasteiger partial charge in [0.25, 0.3) is 0 Å². The van der Waals surface area contributed by atoms with Gasteiger partial charge in [-0.3, -0.25) is 0 Å². The van der Waals surface area contributed by atoms with E-state index in [9.17, 15) is 0 Å². The molecule has 1 heterocycles. The fraction of sp³-hybridized carbons (Fsp3) is 0.600. The zero-order valence-corrected chi connectivity index (χ0v) is 7.72. The average molecular weight is 164 g/mol. The molecule has 1 saturated carbocycles. The van der Waals surface area contributed by atoms with E-state index in [4.69, 9.17) is 5.73 Å². The Labute approximate surface area is 73.2 Å². The lowest BCUT2D eigenvalue weighted by Gasteiger charge is -2.09. The molecule has 1 atom stereocenters. The van der Waals surface area contributed by atoms with E-state index >= 15 is 0 Å². The molecule has 2 nitrogen and oxygen atoms in total. The smallest absolute Gasteiger partial charge is 0.0479 e. The van der Waals surface area contributed by atoms with Gasteiger partial charge in [-0.05, 0) is 44.2 Å². The van der Waals surface area contributed by atoms with Gasteiger partial charge in [-0.25, -0.2) is 0 Å². The van der Waals surface area contributed by atoms with Crippen molar-refractivity contribution in [3.05, 3.63) is 23.0 Å².